The summed E-state index contributed by atoms with van der Waals surface area (Å²) in [7, 11) is 0. The number of halogens is 2. The number of rotatable bonds is 5. The van der Waals surface area contributed by atoms with Crippen molar-refractivity contribution in [3.05, 3.63) is 75.0 Å². The maximum atomic E-state index is 13.3. The summed E-state index contributed by atoms with van der Waals surface area (Å²) >= 11 is 6.08. The SMILES string of the molecule is O=c1[nH]c(C[NH+](Cc2ccc(F)cc2)C2CCCCC2)nc2cc(Cl)ccc12. The average Bonchev–Trinajstić information content (AvgIpc) is 2.69. The Morgan fingerprint density at radius 2 is 1.82 bits per heavy atom. The fourth-order valence-corrected chi connectivity index (χ4v) is 4.35. The highest BCUT2D eigenvalue weighted by Gasteiger charge is 2.26. The minimum atomic E-state index is -0.222. The molecular formula is C22H24ClFN3O+. The lowest BCUT2D eigenvalue weighted by molar-refractivity contribution is -0.954. The number of quaternary nitrogens is 1. The molecule has 1 aliphatic carbocycles. The first kappa shape index (κ1) is 19.1. The molecule has 2 N–H and O–H groups in total. The number of nitrogens with zero attached hydrogens (tertiary/aromatic N) is 1. The Kier molecular flexibility index (Phi) is 5.74. The quantitative estimate of drug-likeness (QED) is 0.687. The monoisotopic (exact) mass is 400 g/mol. The predicted molar refractivity (Wildman–Crippen MR) is 109 cm³/mol. The highest BCUT2D eigenvalue weighted by atomic mass is 35.5. The zero-order chi connectivity index (χ0) is 19.5. The molecule has 146 valence electrons. The molecule has 0 aliphatic heterocycles. The van der Waals surface area contributed by atoms with Crippen LogP contribution < -0.4 is 10.5 Å². The Balaban J connectivity index is 1.63. The van der Waals surface area contributed by atoms with E-state index in [1.54, 1.807) is 18.2 Å². The second-order valence-electron chi connectivity index (χ2n) is 7.65. The smallest absolute Gasteiger partial charge is 0.258 e. The number of hydrogen-bond donors (Lipinski definition) is 2. The summed E-state index contributed by atoms with van der Waals surface area (Å²) in [6.45, 7) is 1.40. The van der Waals surface area contributed by atoms with Gasteiger partial charge in [0.05, 0.1) is 16.9 Å². The molecule has 28 heavy (non-hydrogen) atoms. The summed E-state index contributed by atoms with van der Waals surface area (Å²) in [6.07, 6.45) is 6.08. The van der Waals surface area contributed by atoms with Gasteiger partial charge in [0.1, 0.15) is 18.9 Å². The van der Waals surface area contributed by atoms with E-state index in [9.17, 15) is 9.18 Å². The van der Waals surface area contributed by atoms with E-state index in [0.29, 0.717) is 34.3 Å². The van der Waals surface area contributed by atoms with Gasteiger partial charge in [-0.1, -0.05) is 30.2 Å². The van der Waals surface area contributed by atoms with Crippen LogP contribution in [0.15, 0.2) is 47.3 Å². The summed E-state index contributed by atoms with van der Waals surface area (Å²) in [6, 6.07) is 12.3. The van der Waals surface area contributed by atoms with Crippen molar-refractivity contribution < 1.29 is 9.29 Å². The maximum Gasteiger partial charge on any atom is 0.258 e. The van der Waals surface area contributed by atoms with Crippen LogP contribution in [-0.4, -0.2) is 16.0 Å². The normalized spacial score (nSPS) is 16.4. The van der Waals surface area contributed by atoms with Gasteiger partial charge < -0.3 is 9.88 Å². The Labute approximate surface area is 168 Å². The van der Waals surface area contributed by atoms with Crippen molar-refractivity contribution in [1.82, 2.24) is 9.97 Å². The summed E-state index contributed by atoms with van der Waals surface area (Å²) in [4.78, 5) is 21.4. The number of aromatic amines is 1. The number of benzene rings is 2. The van der Waals surface area contributed by atoms with E-state index in [0.717, 1.165) is 12.1 Å². The third-order valence-corrected chi connectivity index (χ3v) is 5.87. The first-order valence-corrected chi connectivity index (χ1v) is 10.2. The molecule has 1 aliphatic rings. The molecule has 0 bridgehead atoms. The number of aromatic nitrogens is 2. The van der Waals surface area contributed by atoms with Gasteiger partial charge in [-0.3, -0.25) is 4.79 Å². The van der Waals surface area contributed by atoms with E-state index in [2.05, 4.69) is 9.97 Å². The van der Waals surface area contributed by atoms with Crippen LogP contribution in [-0.2, 0) is 13.1 Å². The van der Waals surface area contributed by atoms with Crippen molar-refractivity contribution >= 4 is 22.5 Å². The van der Waals surface area contributed by atoms with Crippen LogP contribution in [0.2, 0.25) is 5.02 Å². The van der Waals surface area contributed by atoms with Gasteiger partial charge in [0.2, 0.25) is 0 Å². The van der Waals surface area contributed by atoms with Gasteiger partial charge in [0, 0.05) is 10.6 Å². The molecule has 2 aromatic carbocycles. The van der Waals surface area contributed by atoms with Crippen LogP contribution in [0.4, 0.5) is 4.39 Å². The molecular weight excluding hydrogens is 377 g/mol. The highest BCUT2D eigenvalue weighted by Crippen LogP contribution is 2.17. The zero-order valence-electron chi connectivity index (χ0n) is 15.7. The van der Waals surface area contributed by atoms with Crippen molar-refractivity contribution in [1.29, 1.82) is 0 Å². The van der Waals surface area contributed by atoms with Crippen LogP contribution in [0.5, 0.6) is 0 Å². The van der Waals surface area contributed by atoms with Crippen LogP contribution in [0, 0.1) is 5.82 Å². The second kappa shape index (κ2) is 8.41. The fourth-order valence-electron chi connectivity index (χ4n) is 4.19. The first-order valence-electron chi connectivity index (χ1n) is 9.86. The lowest BCUT2D eigenvalue weighted by Gasteiger charge is -2.31. The molecule has 0 spiro atoms. The number of hydrogen-bond acceptors (Lipinski definition) is 2. The summed E-state index contributed by atoms with van der Waals surface area (Å²) < 4.78 is 13.3. The van der Waals surface area contributed by atoms with Gasteiger partial charge in [-0.05, 0) is 56.0 Å². The molecule has 1 atom stereocenters. The zero-order valence-corrected chi connectivity index (χ0v) is 16.4. The lowest BCUT2D eigenvalue weighted by Crippen LogP contribution is -3.13. The number of nitrogens with one attached hydrogen (secondary N) is 2. The molecule has 1 heterocycles. The van der Waals surface area contributed by atoms with Gasteiger partial charge in [-0.2, -0.15) is 0 Å². The first-order chi connectivity index (χ1) is 13.6. The largest absolute Gasteiger partial charge is 0.322 e. The minimum Gasteiger partial charge on any atom is -0.322 e. The fraction of sp³-hybridized carbons (Fsp3) is 0.364. The standard InChI is InChI=1S/C22H23ClFN3O/c23-16-8-11-19-20(12-16)25-21(26-22(19)28)14-27(18-4-2-1-3-5-18)13-15-6-9-17(24)10-7-15/h6-12,18H,1-5,13-14H2,(H,25,26,28)/p+1. The third kappa shape index (κ3) is 4.42. The summed E-state index contributed by atoms with van der Waals surface area (Å²) in [5, 5.41) is 1.12. The van der Waals surface area contributed by atoms with E-state index in [-0.39, 0.29) is 11.4 Å². The predicted octanol–water partition coefficient (Wildman–Crippen LogP) is 3.63. The highest BCUT2D eigenvalue weighted by molar-refractivity contribution is 6.31. The van der Waals surface area contributed by atoms with Crippen molar-refractivity contribution in [2.24, 2.45) is 0 Å². The Morgan fingerprint density at radius 3 is 2.57 bits per heavy atom. The second-order valence-corrected chi connectivity index (χ2v) is 8.08. The number of H-pyrrole nitrogens is 1. The van der Waals surface area contributed by atoms with Gasteiger partial charge in [-0.15, -0.1) is 0 Å². The van der Waals surface area contributed by atoms with E-state index < -0.39 is 0 Å². The molecule has 1 fully saturated rings. The van der Waals surface area contributed by atoms with Crippen LogP contribution in [0.3, 0.4) is 0 Å². The molecule has 4 nitrogen and oxygen atoms in total. The van der Waals surface area contributed by atoms with Gasteiger partial charge in [0.15, 0.2) is 5.82 Å². The molecule has 1 aromatic heterocycles. The van der Waals surface area contributed by atoms with Gasteiger partial charge in [-0.25, -0.2) is 9.37 Å². The average molecular weight is 401 g/mol. The van der Waals surface area contributed by atoms with Crippen molar-refractivity contribution in [2.45, 2.75) is 51.2 Å². The minimum absolute atomic E-state index is 0.138. The molecule has 1 unspecified atom stereocenters. The molecule has 0 amide bonds. The van der Waals surface area contributed by atoms with E-state index in [1.807, 2.05) is 12.1 Å². The summed E-state index contributed by atoms with van der Waals surface area (Å²) in [5.41, 5.74) is 1.57. The van der Waals surface area contributed by atoms with Gasteiger partial charge in [0.25, 0.3) is 5.56 Å². The topological polar surface area (TPSA) is 50.2 Å². The molecule has 0 saturated heterocycles. The molecule has 1 saturated carbocycles. The van der Waals surface area contributed by atoms with Crippen LogP contribution >= 0.6 is 11.6 Å². The third-order valence-electron chi connectivity index (χ3n) is 5.64. The Hall–Kier alpha value is -2.24. The summed E-state index contributed by atoms with van der Waals surface area (Å²) in [5.74, 6) is 0.447. The lowest BCUT2D eigenvalue weighted by atomic mass is 9.93. The molecule has 6 heteroatoms. The Bertz CT molecular complexity index is 1010. The van der Waals surface area contributed by atoms with E-state index >= 15 is 0 Å². The van der Waals surface area contributed by atoms with Gasteiger partial charge >= 0.3 is 0 Å². The van der Waals surface area contributed by atoms with Crippen molar-refractivity contribution in [3.63, 3.8) is 0 Å². The molecule has 4 rings (SSSR count). The van der Waals surface area contributed by atoms with E-state index in [4.69, 9.17) is 11.6 Å². The van der Waals surface area contributed by atoms with Crippen LogP contribution in [0.1, 0.15) is 43.5 Å². The Morgan fingerprint density at radius 1 is 1.07 bits per heavy atom. The molecule has 0 radical (unpaired) electrons. The van der Waals surface area contributed by atoms with E-state index in [1.165, 1.54) is 49.1 Å². The maximum absolute atomic E-state index is 13.3. The van der Waals surface area contributed by atoms with Crippen LogP contribution in [0.25, 0.3) is 10.9 Å². The number of fused-ring (bicyclic) bond motifs is 1. The molecule has 3 aromatic rings. The van der Waals surface area contributed by atoms with Crippen molar-refractivity contribution in [2.75, 3.05) is 0 Å². The van der Waals surface area contributed by atoms with Crippen molar-refractivity contribution in [3.8, 4) is 0 Å².